The molecule has 0 aliphatic carbocycles. The van der Waals surface area contributed by atoms with Crippen LogP contribution >= 0.6 is 11.9 Å². The highest BCUT2D eigenvalue weighted by Gasteiger charge is 2.39. The van der Waals surface area contributed by atoms with Gasteiger partial charge in [0.15, 0.2) is 0 Å². The van der Waals surface area contributed by atoms with Crippen molar-refractivity contribution >= 4 is 34.6 Å². The van der Waals surface area contributed by atoms with E-state index in [4.69, 9.17) is 10.5 Å². The molecule has 3 aromatic carbocycles. The smallest absolute Gasteiger partial charge is 0.416 e. The Morgan fingerprint density at radius 2 is 1.76 bits per heavy atom. The van der Waals surface area contributed by atoms with Gasteiger partial charge in [-0.15, -0.1) is 0 Å². The topological polar surface area (TPSA) is 94.6 Å². The number of nitrogens with two attached hydrogens (primary N) is 1. The third-order valence-corrected chi connectivity index (χ3v) is 8.74. The summed E-state index contributed by atoms with van der Waals surface area (Å²) in [6.07, 6.45) is -4.62. The average Bonchev–Trinajstić information content (AvgIpc) is 2.96. The number of fused-ring (bicyclic) bond motifs is 2. The van der Waals surface area contributed by atoms with E-state index < -0.39 is 35.2 Å². The first-order valence-electron chi connectivity index (χ1n) is 13.2. The Morgan fingerprint density at radius 3 is 2.43 bits per heavy atom. The van der Waals surface area contributed by atoms with Crippen molar-refractivity contribution < 1.29 is 27.5 Å². The van der Waals surface area contributed by atoms with E-state index in [-0.39, 0.29) is 46.3 Å². The molecule has 1 atom stereocenters. The van der Waals surface area contributed by atoms with Gasteiger partial charge in [0, 0.05) is 18.2 Å². The normalized spacial score (nSPS) is 15.5. The van der Waals surface area contributed by atoms with Crippen molar-refractivity contribution in [2.45, 2.75) is 43.6 Å². The van der Waals surface area contributed by atoms with Crippen LogP contribution in [0.25, 0.3) is 21.9 Å². The summed E-state index contributed by atoms with van der Waals surface area (Å²) in [5.74, 6) is -1.77. The molecule has 4 aromatic rings. The highest BCUT2D eigenvalue weighted by Crippen LogP contribution is 2.44. The molecule has 0 saturated heterocycles. The molecule has 1 unspecified atom stereocenters. The van der Waals surface area contributed by atoms with Crippen LogP contribution in [0.15, 0.2) is 76.6 Å². The van der Waals surface area contributed by atoms with Crippen LogP contribution in [0.2, 0.25) is 0 Å². The first-order chi connectivity index (χ1) is 19.9. The lowest BCUT2D eigenvalue weighted by Crippen LogP contribution is -2.46. The molecule has 5 rings (SSSR count). The molecule has 7 nitrogen and oxygen atoms in total. The van der Waals surface area contributed by atoms with Gasteiger partial charge in [-0.25, -0.2) is 9.10 Å². The van der Waals surface area contributed by atoms with Gasteiger partial charge < -0.3 is 10.5 Å². The number of rotatable bonds is 6. The van der Waals surface area contributed by atoms with Gasteiger partial charge in [-0.2, -0.15) is 13.2 Å². The molecular formula is C31H28F3N3O4S. The van der Waals surface area contributed by atoms with Crippen molar-refractivity contribution in [2.24, 2.45) is 5.73 Å². The lowest BCUT2D eigenvalue weighted by molar-refractivity contribution is -0.145. The Labute approximate surface area is 244 Å². The molecule has 1 aliphatic rings. The largest absolute Gasteiger partial charge is 0.467 e. The van der Waals surface area contributed by atoms with Crippen LogP contribution in [0.3, 0.4) is 0 Å². The fraction of sp³-hybridized carbons (Fsp3) is 0.258. The average molecular weight is 596 g/mol. The first kappa shape index (κ1) is 29.4. The summed E-state index contributed by atoms with van der Waals surface area (Å²) in [5.41, 5.74) is 5.05. The molecule has 1 aliphatic heterocycles. The van der Waals surface area contributed by atoms with Crippen LogP contribution in [0.1, 0.15) is 46.9 Å². The van der Waals surface area contributed by atoms with Crippen molar-refractivity contribution in [2.75, 3.05) is 13.7 Å². The number of aromatic nitrogens is 1. The Kier molecular flexibility index (Phi) is 7.91. The summed E-state index contributed by atoms with van der Waals surface area (Å²) in [6, 6.07) is 16.6. The van der Waals surface area contributed by atoms with Crippen LogP contribution in [0.5, 0.6) is 0 Å². The number of hydrogen-bond donors (Lipinski definition) is 1. The van der Waals surface area contributed by atoms with E-state index in [2.05, 4.69) is 0 Å². The van der Waals surface area contributed by atoms with Crippen LogP contribution in [-0.2, 0) is 22.1 Å². The number of carbonyl (C=O) groups excluding carboxylic acids is 2. The molecule has 2 N–H and O–H groups in total. The van der Waals surface area contributed by atoms with Gasteiger partial charge in [0.2, 0.25) is 0 Å². The van der Waals surface area contributed by atoms with E-state index in [1.54, 1.807) is 0 Å². The maximum Gasteiger partial charge on any atom is 0.416 e. The molecule has 1 aromatic heterocycles. The van der Waals surface area contributed by atoms with E-state index in [9.17, 15) is 27.6 Å². The summed E-state index contributed by atoms with van der Waals surface area (Å²) in [4.78, 5) is 40.1. The van der Waals surface area contributed by atoms with Crippen LogP contribution < -0.4 is 11.3 Å². The lowest BCUT2D eigenvalue weighted by atomic mass is 9.89. The molecule has 2 heterocycles. The Bertz CT molecular complexity index is 1760. The van der Waals surface area contributed by atoms with Gasteiger partial charge in [0.1, 0.15) is 16.6 Å². The predicted octanol–water partition coefficient (Wildman–Crippen LogP) is 5.82. The zero-order valence-electron chi connectivity index (χ0n) is 23.1. The maximum absolute atomic E-state index is 14.1. The van der Waals surface area contributed by atoms with Gasteiger partial charge in [-0.05, 0) is 71.8 Å². The van der Waals surface area contributed by atoms with Crippen LogP contribution in [0.4, 0.5) is 13.2 Å². The molecular weight excluding hydrogens is 567 g/mol. The number of halogens is 3. The maximum atomic E-state index is 14.1. The van der Waals surface area contributed by atoms with Crippen LogP contribution in [0, 0.1) is 0 Å². The SMILES string of the molecule is COC(=O)C1CN(C(C)C)Sc2c(-c3cccc(C(F)(F)F)c3)c(Cc3cccc4ccccc34)c(C(N)=O)c(=O)n21. The number of hydrogen-bond acceptors (Lipinski definition) is 6. The number of ether oxygens (including phenoxy) is 1. The number of alkyl halides is 3. The van der Waals surface area contributed by atoms with Gasteiger partial charge in [-0.1, -0.05) is 54.6 Å². The summed E-state index contributed by atoms with van der Waals surface area (Å²) < 4.78 is 49.7. The monoisotopic (exact) mass is 595 g/mol. The molecule has 42 heavy (non-hydrogen) atoms. The van der Waals surface area contributed by atoms with E-state index in [0.717, 1.165) is 45.0 Å². The van der Waals surface area contributed by atoms with Crippen LogP contribution in [-0.4, -0.2) is 40.4 Å². The van der Waals surface area contributed by atoms with Gasteiger partial charge in [0.25, 0.3) is 11.5 Å². The Hall–Kier alpha value is -4.09. The van der Waals surface area contributed by atoms with Crippen molar-refractivity contribution in [3.05, 3.63) is 99.3 Å². The second-order valence-electron chi connectivity index (χ2n) is 10.3. The van der Waals surface area contributed by atoms with E-state index in [1.165, 1.54) is 19.2 Å². The van der Waals surface area contributed by atoms with Gasteiger partial charge in [-0.3, -0.25) is 14.2 Å². The fourth-order valence-corrected chi connectivity index (χ4v) is 6.62. The molecule has 218 valence electrons. The summed E-state index contributed by atoms with van der Waals surface area (Å²) >= 11 is 1.15. The van der Waals surface area contributed by atoms with Gasteiger partial charge >= 0.3 is 12.1 Å². The third kappa shape index (κ3) is 5.30. The Morgan fingerprint density at radius 1 is 1.07 bits per heavy atom. The highest BCUT2D eigenvalue weighted by atomic mass is 32.2. The van der Waals surface area contributed by atoms with Crippen molar-refractivity contribution in [3.8, 4) is 11.1 Å². The van der Waals surface area contributed by atoms with Crippen molar-refractivity contribution in [3.63, 3.8) is 0 Å². The number of carbonyl (C=O) groups is 2. The standard InChI is InChI=1S/C31H28F3N3O4S/c1-17(2)36-16-24(30(40)41-3)37-28(39)26(27(35)38)23(15-19-10-6-9-18-8-4-5-13-22(18)19)25(29(37)42-36)20-11-7-12-21(14-20)31(32,33)34/h4-14,17,24H,15-16H2,1-3H3,(H2,35,38). The highest BCUT2D eigenvalue weighted by molar-refractivity contribution is 7.97. The Balaban J connectivity index is 1.91. The second-order valence-corrected chi connectivity index (χ2v) is 11.3. The number of benzene rings is 3. The molecule has 1 amide bonds. The minimum absolute atomic E-state index is 0.0272. The number of primary amides is 1. The third-order valence-electron chi connectivity index (χ3n) is 7.36. The molecule has 11 heteroatoms. The quantitative estimate of drug-likeness (QED) is 0.223. The minimum atomic E-state index is -4.64. The molecule has 0 fully saturated rings. The first-order valence-corrected chi connectivity index (χ1v) is 14.0. The molecule has 0 saturated carbocycles. The molecule has 0 radical (unpaired) electrons. The number of methoxy groups -OCH3 is 1. The summed E-state index contributed by atoms with van der Waals surface area (Å²) in [7, 11) is 1.19. The van der Waals surface area contributed by atoms with E-state index >= 15 is 0 Å². The van der Waals surface area contributed by atoms with Crippen molar-refractivity contribution in [1.82, 2.24) is 8.87 Å². The summed E-state index contributed by atoms with van der Waals surface area (Å²) in [5, 5.41) is 2.00. The number of esters is 1. The van der Waals surface area contributed by atoms with Crippen molar-refractivity contribution in [1.29, 1.82) is 0 Å². The summed E-state index contributed by atoms with van der Waals surface area (Å²) in [6.45, 7) is 3.87. The second kappa shape index (κ2) is 11.3. The number of nitrogens with zero attached hydrogens (tertiary/aromatic N) is 2. The van der Waals surface area contributed by atoms with E-state index in [1.807, 2.05) is 60.6 Å². The predicted molar refractivity (Wildman–Crippen MR) is 155 cm³/mol. The number of amides is 1. The fourth-order valence-electron chi connectivity index (χ4n) is 5.34. The molecule has 0 bridgehead atoms. The number of pyridine rings is 1. The van der Waals surface area contributed by atoms with Gasteiger partial charge in [0.05, 0.1) is 12.7 Å². The molecule has 0 spiro atoms. The zero-order valence-corrected chi connectivity index (χ0v) is 23.9. The van der Waals surface area contributed by atoms with E-state index in [0.29, 0.717) is 0 Å². The minimum Gasteiger partial charge on any atom is -0.467 e. The zero-order chi connectivity index (χ0) is 30.3. The lowest BCUT2D eigenvalue weighted by Gasteiger charge is -2.37.